The standard InChI is InChI=1S/C14H34N4/c1-2-5-12(16)9-10-14(18)7-3-6-13(17)8-4-11-15/h12-14H,2-11,15-18H2,1H3. The molecule has 0 fully saturated rings. The Labute approximate surface area is 113 Å². The summed E-state index contributed by atoms with van der Waals surface area (Å²) in [6, 6.07) is 0.908. The molecule has 0 saturated heterocycles. The predicted molar refractivity (Wildman–Crippen MR) is 80.2 cm³/mol. The Morgan fingerprint density at radius 1 is 0.667 bits per heavy atom. The molecular weight excluding hydrogens is 224 g/mol. The molecule has 0 rings (SSSR count). The molecule has 0 radical (unpaired) electrons. The van der Waals surface area contributed by atoms with E-state index in [2.05, 4.69) is 6.92 Å². The zero-order chi connectivity index (χ0) is 13.8. The van der Waals surface area contributed by atoms with Crippen LogP contribution in [-0.2, 0) is 0 Å². The van der Waals surface area contributed by atoms with Crippen molar-refractivity contribution in [1.29, 1.82) is 0 Å². The number of nitrogens with two attached hydrogens (primary N) is 4. The summed E-state index contributed by atoms with van der Waals surface area (Å²) in [6.07, 6.45) is 9.67. The van der Waals surface area contributed by atoms with Crippen LogP contribution in [0.15, 0.2) is 0 Å². The Balaban J connectivity index is 3.43. The molecule has 4 nitrogen and oxygen atoms in total. The van der Waals surface area contributed by atoms with Crippen LogP contribution in [0, 0.1) is 0 Å². The van der Waals surface area contributed by atoms with Gasteiger partial charge in [0.1, 0.15) is 0 Å². The number of hydrogen-bond acceptors (Lipinski definition) is 4. The fourth-order valence-corrected chi connectivity index (χ4v) is 2.25. The van der Waals surface area contributed by atoms with Crippen LogP contribution < -0.4 is 22.9 Å². The van der Waals surface area contributed by atoms with E-state index in [9.17, 15) is 0 Å². The van der Waals surface area contributed by atoms with Crippen molar-refractivity contribution in [2.75, 3.05) is 6.54 Å². The van der Waals surface area contributed by atoms with Gasteiger partial charge in [-0.05, 0) is 51.5 Å². The van der Waals surface area contributed by atoms with Crippen LogP contribution in [-0.4, -0.2) is 24.7 Å². The molecule has 0 spiro atoms. The van der Waals surface area contributed by atoms with E-state index in [0.717, 1.165) is 64.3 Å². The molecule has 0 amide bonds. The second kappa shape index (κ2) is 11.9. The average molecular weight is 258 g/mol. The minimum atomic E-state index is 0.287. The first kappa shape index (κ1) is 17.8. The van der Waals surface area contributed by atoms with Crippen molar-refractivity contribution in [2.45, 2.75) is 82.8 Å². The van der Waals surface area contributed by atoms with E-state index in [0.29, 0.717) is 12.1 Å². The molecule has 18 heavy (non-hydrogen) atoms. The zero-order valence-electron chi connectivity index (χ0n) is 12.1. The van der Waals surface area contributed by atoms with Crippen LogP contribution in [0.1, 0.15) is 64.7 Å². The van der Waals surface area contributed by atoms with Crippen LogP contribution in [0.2, 0.25) is 0 Å². The summed E-state index contributed by atoms with van der Waals surface area (Å²) in [7, 11) is 0. The Hall–Kier alpha value is -0.160. The molecule has 3 atom stereocenters. The second-order valence-corrected chi connectivity index (χ2v) is 5.51. The highest BCUT2D eigenvalue weighted by molar-refractivity contribution is 4.69. The molecule has 0 aliphatic rings. The van der Waals surface area contributed by atoms with E-state index in [1.165, 1.54) is 0 Å². The molecule has 8 N–H and O–H groups in total. The number of hydrogen-bond donors (Lipinski definition) is 4. The smallest absolute Gasteiger partial charge is 0.00394 e. The first-order valence-electron chi connectivity index (χ1n) is 7.56. The molecule has 0 aliphatic carbocycles. The monoisotopic (exact) mass is 258 g/mol. The lowest BCUT2D eigenvalue weighted by Crippen LogP contribution is -2.27. The third-order valence-corrected chi connectivity index (χ3v) is 3.50. The van der Waals surface area contributed by atoms with Gasteiger partial charge in [0.25, 0.3) is 0 Å². The van der Waals surface area contributed by atoms with E-state index >= 15 is 0 Å². The summed E-state index contributed by atoms with van der Waals surface area (Å²) < 4.78 is 0. The van der Waals surface area contributed by atoms with Crippen LogP contribution in [0.25, 0.3) is 0 Å². The maximum Gasteiger partial charge on any atom is 0.00394 e. The summed E-state index contributed by atoms with van der Waals surface area (Å²) in [5, 5.41) is 0. The molecule has 0 aromatic heterocycles. The van der Waals surface area contributed by atoms with Gasteiger partial charge in [-0.3, -0.25) is 0 Å². The van der Waals surface area contributed by atoms with Crippen molar-refractivity contribution in [3.8, 4) is 0 Å². The predicted octanol–water partition coefficient (Wildman–Crippen LogP) is 1.46. The van der Waals surface area contributed by atoms with Gasteiger partial charge in [-0.15, -0.1) is 0 Å². The minimum Gasteiger partial charge on any atom is -0.330 e. The van der Waals surface area contributed by atoms with Gasteiger partial charge in [0, 0.05) is 18.1 Å². The van der Waals surface area contributed by atoms with E-state index in [1.54, 1.807) is 0 Å². The topological polar surface area (TPSA) is 104 Å². The third kappa shape index (κ3) is 11.0. The Bertz CT molecular complexity index is 175. The molecule has 0 saturated carbocycles. The molecule has 0 aromatic carbocycles. The number of rotatable bonds is 12. The molecule has 0 heterocycles. The first-order valence-corrected chi connectivity index (χ1v) is 7.56. The summed E-state index contributed by atoms with van der Waals surface area (Å²) in [6.45, 7) is 2.91. The van der Waals surface area contributed by atoms with Gasteiger partial charge in [-0.25, -0.2) is 0 Å². The van der Waals surface area contributed by atoms with Gasteiger partial charge in [-0.2, -0.15) is 0 Å². The minimum absolute atomic E-state index is 0.287. The Morgan fingerprint density at radius 3 is 1.61 bits per heavy atom. The Kier molecular flexibility index (Phi) is 11.8. The van der Waals surface area contributed by atoms with Crippen LogP contribution >= 0.6 is 0 Å². The van der Waals surface area contributed by atoms with Gasteiger partial charge in [0.15, 0.2) is 0 Å². The van der Waals surface area contributed by atoms with Gasteiger partial charge in [0.05, 0.1) is 0 Å². The highest BCUT2D eigenvalue weighted by atomic mass is 14.7. The van der Waals surface area contributed by atoms with Gasteiger partial charge >= 0.3 is 0 Å². The normalized spacial score (nSPS) is 16.5. The molecule has 3 unspecified atom stereocenters. The zero-order valence-corrected chi connectivity index (χ0v) is 12.1. The quantitative estimate of drug-likeness (QED) is 0.425. The molecule has 110 valence electrons. The van der Waals surface area contributed by atoms with Crippen molar-refractivity contribution in [1.82, 2.24) is 0 Å². The van der Waals surface area contributed by atoms with E-state index < -0.39 is 0 Å². The summed E-state index contributed by atoms with van der Waals surface area (Å²) in [5.74, 6) is 0. The average Bonchev–Trinajstić information content (AvgIpc) is 2.34. The van der Waals surface area contributed by atoms with Gasteiger partial charge in [-0.1, -0.05) is 19.8 Å². The largest absolute Gasteiger partial charge is 0.330 e. The van der Waals surface area contributed by atoms with Crippen LogP contribution in [0.4, 0.5) is 0 Å². The highest BCUT2D eigenvalue weighted by Gasteiger charge is 2.08. The molecule has 0 aromatic rings. The maximum absolute atomic E-state index is 6.09. The van der Waals surface area contributed by atoms with E-state index in [1.807, 2.05) is 0 Å². The summed E-state index contributed by atoms with van der Waals surface area (Å²) in [5.41, 5.74) is 23.5. The Morgan fingerprint density at radius 2 is 1.11 bits per heavy atom. The van der Waals surface area contributed by atoms with E-state index in [4.69, 9.17) is 22.9 Å². The summed E-state index contributed by atoms with van der Waals surface area (Å²) in [4.78, 5) is 0. The SMILES string of the molecule is CCCC(N)CCC(N)CCCC(N)CCCN. The van der Waals surface area contributed by atoms with Crippen LogP contribution in [0.3, 0.4) is 0 Å². The van der Waals surface area contributed by atoms with Crippen LogP contribution in [0.5, 0.6) is 0 Å². The van der Waals surface area contributed by atoms with Gasteiger partial charge in [0.2, 0.25) is 0 Å². The summed E-state index contributed by atoms with van der Waals surface area (Å²) >= 11 is 0. The van der Waals surface area contributed by atoms with Crippen molar-refractivity contribution >= 4 is 0 Å². The molecule has 0 bridgehead atoms. The highest BCUT2D eigenvalue weighted by Crippen LogP contribution is 2.10. The fourth-order valence-electron chi connectivity index (χ4n) is 2.25. The van der Waals surface area contributed by atoms with Crippen molar-refractivity contribution in [2.24, 2.45) is 22.9 Å². The second-order valence-electron chi connectivity index (χ2n) is 5.51. The molecule has 4 heteroatoms. The molecule has 0 aliphatic heterocycles. The maximum atomic E-state index is 6.09. The fraction of sp³-hybridized carbons (Fsp3) is 1.00. The van der Waals surface area contributed by atoms with Crippen molar-refractivity contribution in [3.63, 3.8) is 0 Å². The first-order chi connectivity index (χ1) is 8.60. The van der Waals surface area contributed by atoms with E-state index in [-0.39, 0.29) is 6.04 Å². The lowest BCUT2D eigenvalue weighted by molar-refractivity contribution is 0.447. The third-order valence-electron chi connectivity index (χ3n) is 3.50. The van der Waals surface area contributed by atoms with Gasteiger partial charge < -0.3 is 22.9 Å². The molecular formula is C14H34N4. The lowest BCUT2D eigenvalue weighted by Gasteiger charge is -2.16. The van der Waals surface area contributed by atoms with Crippen molar-refractivity contribution < 1.29 is 0 Å². The van der Waals surface area contributed by atoms with Crippen molar-refractivity contribution in [3.05, 3.63) is 0 Å². The lowest BCUT2D eigenvalue weighted by atomic mass is 9.98.